The van der Waals surface area contributed by atoms with E-state index in [-0.39, 0.29) is 6.03 Å². The molecule has 0 unspecified atom stereocenters. The van der Waals surface area contributed by atoms with Gasteiger partial charge in [0.05, 0.1) is 10.0 Å². The number of urea groups is 1. The Morgan fingerprint density at radius 1 is 1.09 bits per heavy atom. The molecule has 3 rings (SSSR count). The Kier molecular flexibility index (Phi) is 4.79. The Morgan fingerprint density at radius 2 is 1.91 bits per heavy atom. The highest BCUT2D eigenvalue weighted by atomic mass is 35.5. The fraction of sp³-hybridized carbons (Fsp3) is 0.188. The Hall–Kier alpha value is -2.11. The molecule has 2 amide bonds. The van der Waals surface area contributed by atoms with E-state index in [0.29, 0.717) is 47.0 Å². The number of halogens is 2. The van der Waals surface area contributed by atoms with Crippen LogP contribution in [-0.4, -0.2) is 19.2 Å². The van der Waals surface area contributed by atoms with E-state index in [9.17, 15) is 4.79 Å². The third-order valence-electron chi connectivity index (χ3n) is 3.26. The molecule has 0 aliphatic carbocycles. The zero-order valence-corrected chi connectivity index (χ0v) is 13.6. The van der Waals surface area contributed by atoms with Gasteiger partial charge in [0.15, 0.2) is 11.5 Å². The van der Waals surface area contributed by atoms with E-state index in [0.717, 1.165) is 5.56 Å². The van der Waals surface area contributed by atoms with Gasteiger partial charge in [0, 0.05) is 17.8 Å². The van der Waals surface area contributed by atoms with Gasteiger partial charge in [-0.15, -0.1) is 0 Å². The van der Waals surface area contributed by atoms with E-state index < -0.39 is 0 Å². The van der Waals surface area contributed by atoms with Crippen molar-refractivity contribution < 1.29 is 14.3 Å². The number of benzene rings is 2. The molecule has 0 aromatic heterocycles. The van der Waals surface area contributed by atoms with E-state index in [4.69, 9.17) is 32.7 Å². The van der Waals surface area contributed by atoms with Gasteiger partial charge >= 0.3 is 6.03 Å². The Bertz CT molecular complexity index is 737. The lowest BCUT2D eigenvalue weighted by atomic mass is 10.1. The van der Waals surface area contributed by atoms with Crippen molar-refractivity contribution in [3.63, 3.8) is 0 Å². The minimum atomic E-state index is -0.349. The summed E-state index contributed by atoms with van der Waals surface area (Å²) in [5.74, 6) is 1.37. The van der Waals surface area contributed by atoms with Crippen LogP contribution in [0.15, 0.2) is 36.4 Å². The monoisotopic (exact) mass is 352 g/mol. The number of hydrogen-bond donors (Lipinski definition) is 2. The smallest absolute Gasteiger partial charge is 0.319 e. The van der Waals surface area contributed by atoms with E-state index in [1.165, 1.54) is 0 Å². The number of anilines is 1. The number of carbonyl (C=O) groups is 1. The summed E-state index contributed by atoms with van der Waals surface area (Å²) >= 11 is 11.8. The standard InChI is InChI=1S/C16H14Cl2N2O3/c17-12-5-4-11(8-13(12)18)20-16(21)19-9-10-2-1-3-14-15(10)23-7-6-22-14/h1-5,8H,6-7,9H2,(H2,19,20,21). The maximum absolute atomic E-state index is 12.0. The lowest BCUT2D eigenvalue weighted by Gasteiger charge is -2.21. The van der Waals surface area contributed by atoms with Crippen molar-refractivity contribution in [1.29, 1.82) is 0 Å². The maximum Gasteiger partial charge on any atom is 0.319 e. The molecule has 2 aromatic carbocycles. The lowest BCUT2D eigenvalue weighted by Crippen LogP contribution is -2.28. The number of carbonyl (C=O) groups excluding carboxylic acids is 1. The quantitative estimate of drug-likeness (QED) is 0.874. The maximum atomic E-state index is 12.0. The average Bonchev–Trinajstić information content (AvgIpc) is 2.56. The lowest BCUT2D eigenvalue weighted by molar-refractivity contribution is 0.169. The van der Waals surface area contributed by atoms with Crippen LogP contribution in [0.25, 0.3) is 0 Å². The first-order valence-corrected chi connectivity index (χ1v) is 7.76. The van der Waals surface area contributed by atoms with Crippen molar-refractivity contribution in [1.82, 2.24) is 5.32 Å². The normalized spacial score (nSPS) is 12.6. The van der Waals surface area contributed by atoms with Crippen LogP contribution < -0.4 is 20.1 Å². The molecular weight excluding hydrogens is 339 g/mol. The number of hydrogen-bond acceptors (Lipinski definition) is 3. The van der Waals surface area contributed by atoms with Gasteiger partial charge in [-0.25, -0.2) is 4.79 Å². The molecule has 5 nitrogen and oxygen atoms in total. The number of ether oxygens (including phenoxy) is 2. The van der Waals surface area contributed by atoms with Gasteiger partial charge in [-0.05, 0) is 24.3 Å². The SMILES string of the molecule is O=C(NCc1cccc2c1OCCO2)Nc1ccc(Cl)c(Cl)c1. The molecule has 0 bridgehead atoms. The van der Waals surface area contributed by atoms with Gasteiger partial charge in [-0.1, -0.05) is 35.3 Å². The molecule has 2 N–H and O–H groups in total. The average molecular weight is 353 g/mol. The van der Waals surface area contributed by atoms with Crippen LogP contribution in [0.3, 0.4) is 0 Å². The molecule has 0 spiro atoms. The minimum Gasteiger partial charge on any atom is -0.486 e. The summed E-state index contributed by atoms with van der Waals surface area (Å²) in [5, 5.41) is 6.28. The molecule has 1 aliphatic heterocycles. The minimum absolute atomic E-state index is 0.319. The second-order valence-electron chi connectivity index (χ2n) is 4.88. The van der Waals surface area contributed by atoms with Crippen molar-refractivity contribution in [2.45, 2.75) is 6.54 Å². The van der Waals surface area contributed by atoms with Crippen molar-refractivity contribution in [3.8, 4) is 11.5 Å². The summed E-state index contributed by atoms with van der Waals surface area (Å²) in [4.78, 5) is 12.0. The molecule has 2 aromatic rings. The van der Waals surface area contributed by atoms with Crippen LogP contribution in [0.4, 0.5) is 10.5 Å². The predicted octanol–water partition coefficient (Wildman–Crippen LogP) is 4.09. The molecule has 0 atom stereocenters. The highest BCUT2D eigenvalue weighted by Crippen LogP contribution is 2.33. The summed E-state index contributed by atoms with van der Waals surface area (Å²) < 4.78 is 11.1. The molecule has 0 fully saturated rings. The molecule has 23 heavy (non-hydrogen) atoms. The largest absolute Gasteiger partial charge is 0.486 e. The highest BCUT2D eigenvalue weighted by Gasteiger charge is 2.15. The highest BCUT2D eigenvalue weighted by molar-refractivity contribution is 6.42. The van der Waals surface area contributed by atoms with Crippen LogP contribution in [-0.2, 0) is 6.54 Å². The van der Waals surface area contributed by atoms with E-state index in [1.54, 1.807) is 18.2 Å². The summed E-state index contributed by atoms with van der Waals surface area (Å²) in [6.45, 7) is 1.35. The molecular formula is C16H14Cl2N2O3. The summed E-state index contributed by atoms with van der Waals surface area (Å²) in [7, 11) is 0. The third-order valence-corrected chi connectivity index (χ3v) is 4.00. The fourth-order valence-corrected chi connectivity index (χ4v) is 2.50. The van der Waals surface area contributed by atoms with Crippen molar-refractivity contribution in [2.24, 2.45) is 0 Å². The zero-order valence-electron chi connectivity index (χ0n) is 12.1. The number of amides is 2. The number of para-hydroxylation sites is 1. The van der Waals surface area contributed by atoms with Crippen molar-refractivity contribution in [2.75, 3.05) is 18.5 Å². The topological polar surface area (TPSA) is 59.6 Å². The first-order chi connectivity index (χ1) is 11.1. The molecule has 1 heterocycles. The number of fused-ring (bicyclic) bond motifs is 1. The Labute approximate surface area is 143 Å². The second-order valence-corrected chi connectivity index (χ2v) is 5.69. The first-order valence-electron chi connectivity index (χ1n) is 7.01. The number of nitrogens with one attached hydrogen (secondary N) is 2. The second kappa shape index (κ2) is 6.98. The van der Waals surface area contributed by atoms with Gasteiger partial charge in [-0.3, -0.25) is 0 Å². The van der Waals surface area contributed by atoms with Gasteiger partial charge in [-0.2, -0.15) is 0 Å². The van der Waals surface area contributed by atoms with Gasteiger partial charge < -0.3 is 20.1 Å². The molecule has 0 radical (unpaired) electrons. The molecule has 1 aliphatic rings. The summed E-state index contributed by atoms with van der Waals surface area (Å²) in [5.41, 5.74) is 1.41. The van der Waals surface area contributed by atoms with E-state index >= 15 is 0 Å². The molecule has 120 valence electrons. The van der Waals surface area contributed by atoms with E-state index in [1.807, 2.05) is 18.2 Å². The van der Waals surface area contributed by atoms with Crippen molar-refractivity contribution in [3.05, 3.63) is 52.0 Å². The zero-order chi connectivity index (χ0) is 16.2. The van der Waals surface area contributed by atoms with Crippen LogP contribution in [0, 0.1) is 0 Å². The van der Waals surface area contributed by atoms with Gasteiger partial charge in [0.1, 0.15) is 13.2 Å². The molecule has 7 heteroatoms. The van der Waals surface area contributed by atoms with E-state index in [2.05, 4.69) is 10.6 Å². The van der Waals surface area contributed by atoms with Gasteiger partial charge in [0.2, 0.25) is 0 Å². The van der Waals surface area contributed by atoms with Gasteiger partial charge in [0.25, 0.3) is 0 Å². The van der Waals surface area contributed by atoms with Crippen LogP contribution >= 0.6 is 23.2 Å². The molecule has 0 saturated carbocycles. The van der Waals surface area contributed by atoms with Crippen LogP contribution in [0.2, 0.25) is 10.0 Å². The van der Waals surface area contributed by atoms with Crippen molar-refractivity contribution >= 4 is 34.9 Å². The Balaban J connectivity index is 1.62. The predicted molar refractivity (Wildman–Crippen MR) is 89.8 cm³/mol. The fourth-order valence-electron chi connectivity index (χ4n) is 2.20. The third kappa shape index (κ3) is 3.81. The number of rotatable bonds is 3. The van der Waals surface area contributed by atoms with Crippen LogP contribution in [0.5, 0.6) is 11.5 Å². The summed E-state index contributed by atoms with van der Waals surface area (Å²) in [6.07, 6.45) is 0. The van der Waals surface area contributed by atoms with Crippen LogP contribution in [0.1, 0.15) is 5.56 Å². The Morgan fingerprint density at radius 3 is 2.74 bits per heavy atom. The molecule has 0 saturated heterocycles. The first kappa shape index (κ1) is 15.8. The summed E-state index contributed by atoms with van der Waals surface area (Å²) in [6, 6.07) is 10.1.